The number of alkyl halides is 3. The van der Waals surface area contributed by atoms with E-state index in [-0.39, 0.29) is 29.9 Å². The number of piperidine rings is 1. The molecule has 1 aromatic rings. The van der Waals surface area contributed by atoms with Crippen molar-refractivity contribution in [1.82, 2.24) is 10.3 Å². The van der Waals surface area contributed by atoms with Gasteiger partial charge in [0.25, 0.3) is 0 Å². The van der Waals surface area contributed by atoms with Crippen molar-refractivity contribution in [3.8, 4) is 6.07 Å². The summed E-state index contributed by atoms with van der Waals surface area (Å²) in [6.07, 6.45) is -4.49. The number of nitrogens with zero attached hydrogens (tertiary/aromatic N) is 3. The SMILES string of the molecule is N#Cc1ccc(C(F)(F)F)nc1N1CC[C@@H]2NC(=O)OC[C@H]2C1. The second kappa shape index (κ2) is 5.61. The molecule has 122 valence electrons. The molecular formula is C14H13F3N4O2. The number of cyclic esters (lactones) is 1. The lowest BCUT2D eigenvalue weighted by Gasteiger charge is -2.41. The molecule has 23 heavy (non-hydrogen) atoms. The Hall–Kier alpha value is -2.50. The first-order chi connectivity index (χ1) is 10.9. The quantitative estimate of drug-likeness (QED) is 0.853. The number of alkyl carbamates (subject to hydrolysis) is 1. The molecule has 2 aliphatic rings. The number of halogens is 3. The monoisotopic (exact) mass is 326 g/mol. The summed E-state index contributed by atoms with van der Waals surface area (Å²) in [7, 11) is 0. The summed E-state index contributed by atoms with van der Waals surface area (Å²) in [5.74, 6) is -0.0259. The minimum atomic E-state index is -4.57. The van der Waals surface area contributed by atoms with Crippen molar-refractivity contribution >= 4 is 11.9 Å². The first-order valence-corrected chi connectivity index (χ1v) is 7.05. The molecule has 1 N–H and O–H groups in total. The van der Waals surface area contributed by atoms with E-state index in [0.717, 1.165) is 12.1 Å². The summed E-state index contributed by atoms with van der Waals surface area (Å²) in [4.78, 5) is 16.5. The summed E-state index contributed by atoms with van der Waals surface area (Å²) in [6.45, 7) is 0.978. The maximum absolute atomic E-state index is 12.9. The standard InChI is InChI=1S/C14H13F3N4O2/c15-14(16,17)11-2-1-8(5-18)12(20-11)21-4-3-10-9(6-21)7-23-13(22)19-10/h1-2,9-10H,3-4,6-7H2,(H,19,22)/t9-,10+/m1/s1. The number of rotatable bonds is 1. The number of aromatic nitrogens is 1. The Morgan fingerprint density at radius 3 is 2.91 bits per heavy atom. The van der Waals surface area contributed by atoms with Crippen molar-refractivity contribution in [2.24, 2.45) is 5.92 Å². The summed E-state index contributed by atoms with van der Waals surface area (Å²) in [5.41, 5.74) is -0.931. The second-order valence-electron chi connectivity index (χ2n) is 5.52. The van der Waals surface area contributed by atoms with Crippen LogP contribution in [0.4, 0.5) is 23.8 Å². The Morgan fingerprint density at radius 1 is 1.43 bits per heavy atom. The van der Waals surface area contributed by atoms with Crippen LogP contribution >= 0.6 is 0 Å². The van der Waals surface area contributed by atoms with Gasteiger partial charge < -0.3 is 15.0 Å². The molecule has 0 bridgehead atoms. The van der Waals surface area contributed by atoms with Gasteiger partial charge in [0.15, 0.2) is 0 Å². The van der Waals surface area contributed by atoms with E-state index >= 15 is 0 Å². The molecule has 2 fully saturated rings. The fraction of sp³-hybridized carbons (Fsp3) is 0.500. The number of ether oxygens (including phenoxy) is 1. The maximum atomic E-state index is 12.9. The number of hydrogen-bond acceptors (Lipinski definition) is 5. The van der Waals surface area contributed by atoms with Crippen LogP contribution < -0.4 is 10.2 Å². The molecule has 9 heteroatoms. The minimum absolute atomic E-state index is 0.0256. The van der Waals surface area contributed by atoms with Crippen LogP contribution in [0, 0.1) is 17.2 Å². The third-order valence-corrected chi connectivity index (χ3v) is 4.05. The Labute approximate surface area is 129 Å². The van der Waals surface area contributed by atoms with Gasteiger partial charge in [0.05, 0.1) is 12.2 Å². The zero-order chi connectivity index (χ0) is 16.6. The van der Waals surface area contributed by atoms with Crippen LogP contribution in [-0.4, -0.2) is 36.8 Å². The Bertz CT molecular complexity index is 671. The number of anilines is 1. The second-order valence-corrected chi connectivity index (χ2v) is 5.52. The van der Waals surface area contributed by atoms with E-state index in [4.69, 9.17) is 10.00 Å². The van der Waals surface area contributed by atoms with Gasteiger partial charge in [-0.1, -0.05) is 0 Å². The molecule has 3 rings (SSSR count). The largest absolute Gasteiger partial charge is 0.449 e. The Balaban J connectivity index is 1.87. The zero-order valence-corrected chi connectivity index (χ0v) is 11.9. The van der Waals surface area contributed by atoms with Crippen LogP contribution in [0.15, 0.2) is 12.1 Å². The van der Waals surface area contributed by atoms with Gasteiger partial charge in [-0.15, -0.1) is 0 Å². The molecule has 0 radical (unpaired) electrons. The highest BCUT2D eigenvalue weighted by Crippen LogP contribution is 2.32. The van der Waals surface area contributed by atoms with Crippen LogP contribution in [0.5, 0.6) is 0 Å². The van der Waals surface area contributed by atoms with Crippen molar-refractivity contribution < 1.29 is 22.7 Å². The van der Waals surface area contributed by atoms with E-state index in [1.54, 1.807) is 4.90 Å². The molecular weight excluding hydrogens is 313 g/mol. The van der Waals surface area contributed by atoms with Gasteiger partial charge in [-0.2, -0.15) is 18.4 Å². The van der Waals surface area contributed by atoms with Gasteiger partial charge in [-0.05, 0) is 18.6 Å². The van der Waals surface area contributed by atoms with Gasteiger partial charge in [0, 0.05) is 25.0 Å². The lowest BCUT2D eigenvalue weighted by Crippen LogP contribution is -2.56. The smallest absolute Gasteiger partial charge is 0.433 e. The van der Waals surface area contributed by atoms with Crippen LogP contribution in [0.1, 0.15) is 17.7 Å². The highest BCUT2D eigenvalue weighted by Gasteiger charge is 2.37. The van der Waals surface area contributed by atoms with E-state index in [9.17, 15) is 18.0 Å². The van der Waals surface area contributed by atoms with Gasteiger partial charge in [0.2, 0.25) is 0 Å². The van der Waals surface area contributed by atoms with E-state index in [2.05, 4.69) is 10.3 Å². The van der Waals surface area contributed by atoms with Gasteiger partial charge >= 0.3 is 12.3 Å². The average molecular weight is 326 g/mol. The summed E-state index contributed by atoms with van der Waals surface area (Å²) >= 11 is 0. The molecule has 3 heterocycles. The predicted octanol–water partition coefficient (Wildman–Crippen LogP) is 1.91. The highest BCUT2D eigenvalue weighted by atomic mass is 19.4. The predicted molar refractivity (Wildman–Crippen MR) is 72.5 cm³/mol. The van der Waals surface area contributed by atoms with E-state index < -0.39 is 18.0 Å². The molecule has 2 atom stereocenters. The topological polar surface area (TPSA) is 78.3 Å². The van der Waals surface area contributed by atoms with Crippen molar-refractivity contribution in [2.75, 3.05) is 24.6 Å². The molecule has 6 nitrogen and oxygen atoms in total. The molecule has 0 unspecified atom stereocenters. The van der Waals surface area contributed by atoms with Crippen LogP contribution in [0.25, 0.3) is 0 Å². The zero-order valence-electron chi connectivity index (χ0n) is 11.9. The number of pyridine rings is 1. The molecule has 1 amide bonds. The van der Waals surface area contributed by atoms with E-state index in [0.29, 0.717) is 19.5 Å². The van der Waals surface area contributed by atoms with Crippen molar-refractivity contribution in [2.45, 2.75) is 18.6 Å². The Kier molecular flexibility index (Phi) is 3.75. The van der Waals surface area contributed by atoms with Crippen LogP contribution in [0.3, 0.4) is 0 Å². The van der Waals surface area contributed by atoms with Crippen molar-refractivity contribution in [1.29, 1.82) is 5.26 Å². The van der Waals surface area contributed by atoms with Crippen molar-refractivity contribution in [3.63, 3.8) is 0 Å². The molecule has 0 saturated carbocycles. The van der Waals surface area contributed by atoms with Crippen molar-refractivity contribution in [3.05, 3.63) is 23.4 Å². The van der Waals surface area contributed by atoms with E-state index in [1.807, 2.05) is 6.07 Å². The molecule has 0 aliphatic carbocycles. The fourth-order valence-electron chi connectivity index (χ4n) is 2.89. The van der Waals surface area contributed by atoms with E-state index in [1.165, 1.54) is 0 Å². The average Bonchev–Trinajstić information content (AvgIpc) is 2.53. The first kappa shape index (κ1) is 15.4. The first-order valence-electron chi connectivity index (χ1n) is 7.05. The number of fused-ring (bicyclic) bond motifs is 1. The number of hydrogen-bond donors (Lipinski definition) is 1. The maximum Gasteiger partial charge on any atom is 0.433 e. The molecule has 0 spiro atoms. The number of amides is 1. The third kappa shape index (κ3) is 3.02. The minimum Gasteiger partial charge on any atom is -0.449 e. The third-order valence-electron chi connectivity index (χ3n) is 4.05. The summed E-state index contributed by atoms with van der Waals surface area (Å²) in [5, 5.41) is 11.8. The summed E-state index contributed by atoms with van der Waals surface area (Å²) in [6, 6.07) is 3.75. The van der Waals surface area contributed by atoms with Crippen LogP contribution in [0.2, 0.25) is 0 Å². The molecule has 2 aliphatic heterocycles. The molecule has 1 aromatic heterocycles. The molecule has 0 aromatic carbocycles. The molecule has 2 saturated heterocycles. The normalized spacial score (nSPS) is 24.3. The lowest BCUT2D eigenvalue weighted by atomic mass is 9.91. The number of nitrogens with one attached hydrogen (secondary N) is 1. The Morgan fingerprint density at radius 2 is 2.22 bits per heavy atom. The van der Waals surface area contributed by atoms with Gasteiger partial charge in [0.1, 0.15) is 17.6 Å². The number of nitriles is 1. The number of carbonyl (C=O) groups excluding carboxylic acids is 1. The van der Waals surface area contributed by atoms with Gasteiger partial charge in [-0.3, -0.25) is 0 Å². The fourth-order valence-corrected chi connectivity index (χ4v) is 2.89. The number of carbonyl (C=O) groups is 1. The summed E-state index contributed by atoms with van der Waals surface area (Å²) < 4.78 is 43.5. The highest BCUT2D eigenvalue weighted by molar-refractivity contribution is 5.68. The van der Waals surface area contributed by atoms with Crippen LogP contribution in [-0.2, 0) is 10.9 Å². The lowest BCUT2D eigenvalue weighted by molar-refractivity contribution is -0.141. The van der Waals surface area contributed by atoms with Gasteiger partial charge in [-0.25, -0.2) is 9.78 Å².